The number of hydrogen-bond acceptors (Lipinski definition) is 0. The first kappa shape index (κ1) is 16.2. The molecule has 50 valence electrons. The molecule has 0 unspecified atom stereocenters. The van der Waals surface area contributed by atoms with Crippen molar-refractivity contribution in [3.8, 4) is 0 Å². The average molecular weight is 313 g/mol. The maximum Gasteiger partial charge on any atom is 0 e. The van der Waals surface area contributed by atoms with E-state index in [1.54, 1.807) is 0 Å². The van der Waals surface area contributed by atoms with Gasteiger partial charge in [-0.25, -0.2) is 0 Å². The molecule has 0 bridgehead atoms. The molecule has 0 aromatic rings. The molecule has 0 N–H and O–H groups in total. The summed E-state index contributed by atoms with van der Waals surface area (Å²) in [5.74, 6) is 0. The van der Waals surface area contributed by atoms with Gasteiger partial charge in [0.05, 0.1) is 0 Å². The smallest absolute Gasteiger partial charge is 0 e. The molecule has 0 atom stereocenters. The molecule has 0 saturated carbocycles. The molecule has 0 aliphatic carbocycles. The first-order valence-electron chi connectivity index (χ1n) is 2.71. The van der Waals surface area contributed by atoms with E-state index in [2.05, 4.69) is 13.2 Å². The predicted molar refractivity (Wildman–Crippen MR) is 41.0 cm³/mol. The molecular formula is C8H16Hg. The van der Waals surface area contributed by atoms with Crippen molar-refractivity contribution in [3.63, 3.8) is 0 Å². The van der Waals surface area contributed by atoms with Crippen molar-refractivity contribution in [2.24, 2.45) is 0 Å². The molecule has 0 rings (SSSR count). The maximum absolute atomic E-state index is 3.56. The Morgan fingerprint density at radius 1 is 0.778 bits per heavy atom. The summed E-state index contributed by atoms with van der Waals surface area (Å²) in [5.41, 5.74) is 2.33. The van der Waals surface area contributed by atoms with Gasteiger partial charge >= 0.3 is 0 Å². The van der Waals surface area contributed by atoms with Crippen LogP contribution in [-0.4, -0.2) is 0 Å². The summed E-state index contributed by atoms with van der Waals surface area (Å²) in [7, 11) is 0. The minimum atomic E-state index is 0. The third-order valence-corrected chi connectivity index (χ3v) is 0. The van der Waals surface area contributed by atoms with Gasteiger partial charge in [-0.15, -0.1) is 13.2 Å². The van der Waals surface area contributed by atoms with Crippen LogP contribution in [0.3, 0.4) is 0 Å². The van der Waals surface area contributed by atoms with Crippen LogP contribution in [0.15, 0.2) is 24.3 Å². The van der Waals surface area contributed by atoms with Gasteiger partial charge in [-0.1, -0.05) is 11.1 Å². The van der Waals surface area contributed by atoms with E-state index in [1.165, 1.54) is 11.1 Å². The van der Waals surface area contributed by atoms with Crippen LogP contribution in [-0.2, 0) is 27.7 Å². The monoisotopic (exact) mass is 314 g/mol. The Bertz CT molecular complexity index is 62.6. The van der Waals surface area contributed by atoms with Gasteiger partial charge in [-0.2, -0.15) is 0 Å². The quantitative estimate of drug-likeness (QED) is 0.476. The molecule has 0 aromatic heterocycles. The largest absolute Gasteiger partial charge is 0.100 e. The Hall–Kier alpha value is 0.415. The fraction of sp³-hybridized carbons (Fsp3) is 0.500. The zero-order valence-corrected chi connectivity index (χ0v) is 12.6. The second-order valence-corrected chi connectivity index (χ2v) is 2.41. The minimum Gasteiger partial charge on any atom is -0.100 e. The number of hydrogen-bond donors (Lipinski definition) is 0. The molecule has 0 radical (unpaired) electrons. The van der Waals surface area contributed by atoms with Crippen molar-refractivity contribution in [1.29, 1.82) is 0 Å². The van der Waals surface area contributed by atoms with E-state index < -0.39 is 0 Å². The Morgan fingerprint density at radius 3 is 0.778 bits per heavy atom. The van der Waals surface area contributed by atoms with Crippen LogP contribution in [0.4, 0.5) is 0 Å². The van der Waals surface area contributed by atoms with Gasteiger partial charge < -0.3 is 0 Å². The van der Waals surface area contributed by atoms with E-state index in [1.807, 2.05) is 27.7 Å². The summed E-state index contributed by atoms with van der Waals surface area (Å²) in [6, 6.07) is 0. The SMILES string of the molecule is C=C(C)C.C=C(C)C.[Hg]. The Balaban J connectivity index is -0.0000000720. The second kappa shape index (κ2) is 11.2. The van der Waals surface area contributed by atoms with Crippen LogP contribution in [0.25, 0.3) is 0 Å². The van der Waals surface area contributed by atoms with Crippen LogP contribution in [0.1, 0.15) is 27.7 Å². The topological polar surface area (TPSA) is 0 Å². The van der Waals surface area contributed by atoms with Gasteiger partial charge in [-0.05, 0) is 27.7 Å². The van der Waals surface area contributed by atoms with E-state index in [4.69, 9.17) is 0 Å². The third-order valence-electron chi connectivity index (χ3n) is 0. The molecule has 0 spiro atoms. The number of rotatable bonds is 0. The van der Waals surface area contributed by atoms with Gasteiger partial charge in [-0.3, -0.25) is 0 Å². The molecular weight excluding hydrogens is 297 g/mol. The van der Waals surface area contributed by atoms with E-state index in [0.717, 1.165) is 0 Å². The summed E-state index contributed by atoms with van der Waals surface area (Å²) in [6.45, 7) is 15.0. The van der Waals surface area contributed by atoms with Crippen molar-refractivity contribution < 1.29 is 27.7 Å². The molecule has 1 heteroatoms. The van der Waals surface area contributed by atoms with E-state index in [9.17, 15) is 0 Å². The van der Waals surface area contributed by atoms with Crippen molar-refractivity contribution >= 4 is 0 Å². The number of allylic oxidation sites excluding steroid dienone is 2. The van der Waals surface area contributed by atoms with Crippen molar-refractivity contribution in [3.05, 3.63) is 24.3 Å². The normalized spacial score (nSPS) is 5.78. The fourth-order valence-corrected chi connectivity index (χ4v) is 0. The van der Waals surface area contributed by atoms with E-state index >= 15 is 0 Å². The Kier molecular flexibility index (Phi) is 20.2. The first-order chi connectivity index (χ1) is 3.46. The molecule has 0 fully saturated rings. The van der Waals surface area contributed by atoms with Crippen LogP contribution in [0.5, 0.6) is 0 Å². The fourth-order valence-electron chi connectivity index (χ4n) is 0. The van der Waals surface area contributed by atoms with E-state index in [-0.39, 0.29) is 27.7 Å². The summed E-state index contributed by atoms with van der Waals surface area (Å²) in [5, 5.41) is 0. The molecule has 9 heavy (non-hydrogen) atoms. The van der Waals surface area contributed by atoms with Gasteiger partial charge in [0, 0.05) is 27.7 Å². The zero-order chi connectivity index (χ0) is 7.15. The standard InChI is InChI=1S/2C4H8.Hg/c2*1-4(2)3;/h2*1H2,2-3H3;. The molecule has 0 aromatic carbocycles. The summed E-state index contributed by atoms with van der Waals surface area (Å²) < 4.78 is 0. The predicted octanol–water partition coefficient (Wildman–Crippen LogP) is 3.16. The summed E-state index contributed by atoms with van der Waals surface area (Å²) in [6.07, 6.45) is 0. The molecule has 0 nitrogen and oxygen atoms in total. The summed E-state index contributed by atoms with van der Waals surface area (Å²) in [4.78, 5) is 0. The van der Waals surface area contributed by atoms with Gasteiger partial charge in [0.15, 0.2) is 0 Å². The van der Waals surface area contributed by atoms with Crippen LogP contribution >= 0.6 is 0 Å². The van der Waals surface area contributed by atoms with Crippen molar-refractivity contribution in [1.82, 2.24) is 0 Å². The van der Waals surface area contributed by atoms with Crippen LogP contribution < -0.4 is 0 Å². The Morgan fingerprint density at radius 2 is 0.778 bits per heavy atom. The average Bonchev–Trinajstić information content (AvgIpc) is 1.25. The van der Waals surface area contributed by atoms with Gasteiger partial charge in [0.2, 0.25) is 0 Å². The maximum atomic E-state index is 3.56. The minimum absolute atomic E-state index is 0. The van der Waals surface area contributed by atoms with E-state index in [0.29, 0.717) is 0 Å². The molecule has 0 aliphatic rings. The van der Waals surface area contributed by atoms with Crippen LogP contribution in [0.2, 0.25) is 0 Å². The van der Waals surface area contributed by atoms with Gasteiger partial charge in [0.1, 0.15) is 0 Å². The zero-order valence-electron chi connectivity index (χ0n) is 7.12. The first-order valence-corrected chi connectivity index (χ1v) is 2.71. The summed E-state index contributed by atoms with van der Waals surface area (Å²) >= 11 is 0. The molecule has 0 aliphatic heterocycles. The third kappa shape index (κ3) is 2010. The molecule has 0 heterocycles. The second-order valence-electron chi connectivity index (χ2n) is 2.41. The van der Waals surface area contributed by atoms with Gasteiger partial charge in [0.25, 0.3) is 0 Å². The Labute approximate surface area is 79.6 Å². The molecule has 0 saturated heterocycles. The van der Waals surface area contributed by atoms with Crippen molar-refractivity contribution in [2.75, 3.05) is 0 Å². The van der Waals surface area contributed by atoms with Crippen LogP contribution in [0, 0.1) is 0 Å². The molecule has 0 amide bonds. The van der Waals surface area contributed by atoms with Crippen molar-refractivity contribution in [2.45, 2.75) is 27.7 Å².